The molecule has 1 N–H and O–H groups in total. The Morgan fingerprint density at radius 3 is 2.33 bits per heavy atom. The van der Waals surface area contributed by atoms with E-state index in [1.165, 1.54) is 4.31 Å². The Hall–Kier alpha value is -1.60. The van der Waals surface area contributed by atoms with E-state index < -0.39 is 10.0 Å². The van der Waals surface area contributed by atoms with Crippen LogP contribution in [0.2, 0.25) is 10.0 Å². The van der Waals surface area contributed by atoms with Crippen molar-refractivity contribution in [3.8, 4) is 0 Å². The molecule has 0 aromatic heterocycles. The molecule has 27 heavy (non-hydrogen) atoms. The lowest BCUT2D eigenvalue weighted by Crippen LogP contribution is -2.35. The number of hydrogen-bond acceptors (Lipinski definition) is 3. The smallest absolute Gasteiger partial charge is 0.243 e. The lowest BCUT2D eigenvalue weighted by Gasteiger charge is -2.25. The molecule has 0 bridgehead atoms. The molecule has 0 aliphatic carbocycles. The van der Waals surface area contributed by atoms with Crippen molar-refractivity contribution >= 4 is 44.8 Å². The van der Waals surface area contributed by atoms with Gasteiger partial charge in [0.25, 0.3) is 0 Å². The number of nitrogens with zero attached hydrogens (tertiary/aromatic N) is 1. The topological polar surface area (TPSA) is 66.5 Å². The summed E-state index contributed by atoms with van der Waals surface area (Å²) in [5, 5.41) is 3.59. The van der Waals surface area contributed by atoms with E-state index >= 15 is 0 Å². The summed E-state index contributed by atoms with van der Waals surface area (Å²) in [5.74, 6) is -0.259. The van der Waals surface area contributed by atoms with E-state index in [1.54, 1.807) is 42.5 Å². The Kier molecular flexibility index (Phi) is 6.42. The van der Waals surface area contributed by atoms with Gasteiger partial charge in [0.05, 0.1) is 22.0 Å². The highest BCUT2D eigenvalue weighted by Crippen LogP contribution is 2.26. The van der Waals surface area contributed by atoms with Crippen molar-refractivity contribution < 1.29 is 13.2 Å². The zero-order valence-corrected chi connectivity index (χ0v) is 16.9. The first-order valence-electron chi connectivity index (χ1n) is 8.70. The molecule has 0 radical (unpaired) electrons. The van der Waals surface area contributed by atoms with Gasteiger partial charge >= 0.3 is 0 Å². The van der Waals surface area contributed by atoms with Crippen molar-refractivity contribution in [3.05, 3.63) is 58.1 Å². The van der Waals surface area contributed by atoms with Crippen molar-refractivity contribution in [1.29, 1.82) is 0 Å². The van der Waals surface area contributed by atoms with E-state index in [9.17, 15) is 13.2 Å². The van der Waals surface area contributed by atoms with E-state index in [1.807, 2.05) is 0 Å². The first-order valence-corrected chi connectivity index (χ1v) is 10.9. The van der Waals surface area contributed by atoms with Crippen molar-refractivity contribution in [2.45, 2.75) is 30.6 Å². The second-order valence-corrected chi connectivity index (χ2v) is 9.24. The summed E-state index contributed by atoms with van der Waals surface area (Å²) in [7, 11) is -3.47. The van der Waals surface area contributed by atoms with E-state index in [4.69, 9.17) is 23.2 Å². The lowest BCUT2D eigenvalue weighted by atomic mass is 10.1. The van der Waals surface area contributed by atoms with Crippen LogP contribution in [0.1, 0.15) is 24.8 Å². The molecule has 0 saturated carbocycles. The number of carbonyl (C=O) groups excluding carboxylic acids is 1. The number of nitrogens with one attached hydrogen (secondary N) is 1. The first kappa shape index (κ1) is 20.1. The van der Waals surface area contributed by atoms with E-state index in [0.29, 0.717) is 34.4 Å². The molecule has 1 aliphatic heterocycles. The number of sulfonamides is 1. The van der Waals surface area contributed by atoms with Gasteiger partial charge < -0.3 is 5.32 Å². The van der Waals surface area contributed by atoms with Crippen LogP contribution in [0.3, 0.4) is 0 Å². The van der Waals surface area contributed by atoms with Gasteiger partial charge in [-0.1, -0.05) is 41.8 Å². The maximum Gasteiger partial charge on any atom is 0.243 e. The second-order valence-electron chi connectivity index (χ2n) is 6.46. The number of benzene rings is 2. The summed E-state index contributed by atoms with van der Waals surface area (Å²) in [6.07, 6.45) is 2.96. The SMILES string of the molecule is O=C(Cc1ccc(S(=O)(=O)N2CCCCC2)cc1)Nc1cc(Cl)ccc1Cl. The maximum atomic E-state index is 12.7. The van der Waals surface area contributed by atoms with Gasteiger partial charge in [0.15, 0.2) is 0 Å². The molecular formula is C19H20Cl2N2O3S. The number of amides is 1. The van der Waals surface area contributed by atoms with Gasteiger partial charge in [-0.2, -0.15) is 4.31 Å². The highest BCUT2D eigenvalue weighted by atomic mass is 35.5. The number of hydrogen-bond donors (Lipinski definition) is 1. The molecule has 1 heterocycles. The maximum absolute atomic E-state index is 12.7. The fraction of sp³-hybridized carbons (Fsp3) is 0.316. The Morgan fingerprint density at radius 2 is 1.67 bits per heavy atom. The first-order chi connectivity index (χ1) is 12.9. The molecular weight excluding hydrogens is 407 g/mol. The highest BCUT2D eigenvalue weighted by Gasteiger charge is 2.25. The summed E-state index contributed by atoms with van der Waals surface area (Å²) in [5.41, 5.74) is 1.15. The summed E-state index contributed by atoms with van der Waals surface area (Å²) >= 11 is 12.0. The van der Waals surface area contributed by atoms with Crippen LogP contribution in [0.5, 0.6) is 0 Å². The van der Waals surface area contributed by atoms with E-state index in [-0.39, 0.29) is 17.2 Å². The minimum absolute atomic E-state index is 0.104. The third-order valence-corrected chi connectivity index (χ3v) is 6.92. The van der Waals surface area contributed by atoms with Crippen LogP contribution in [-0.4, -0.2) is 31.7 Å². The van der Waals surface area contributed by atoms with E-state index in [0.717, 1.165) is 19.3 Å². The normalized spacial score (nSPS) is 15.5. The lowest BCUT2D eigenvalue weighted by molar-refractivity contribution is -0.115. The molecule has 1 aliphatic rings. The molecule has 2 aromatic rings. The predicted molar refractivity (Wildman–Crippen MR) is 108 cm³/mol. The minimum atomic E-state index is -3.47. The largest absolute Gasteiger partial charge is 0.324 e. The molecule has 0 spiro atoms. The summed E-state index contributed by atoms with van der Waals surface area (Å²) < 4.78 is 26.8. The molecule has 3 rings (SSSR count). The second kappa shape index (κ2) is 8.61. The van der Waals surface area contributed by atoms with Gasteiger partial charge in [-0.25, -0.2) is 8.42 Å². The highest BCUT2D eigenvalue weighted by molar-refractivity contribution is 7.89. The quantitative estimate of drug-likeness (QED) is 0.772. The van der Waals surface area contributed by atoms with Crippen LogP contribution in [0.15, 0.2) is 47.4 Å². The van der Waals surface area contributed by atoms with Gasteiger partial charge in [0.2, 0.25) is 15.9 Å². The van der Waals surface area contributed by atoms with Gasteiger partial charge in [-0.15, -0.1) is 0 Å². The van der Waals surface area contributed by atoms with Crippen molar-refractivity contribution in [1.82, 2.24) is 4.31 Å². The molecule has 144 valence electrons. The molecule has 8 heteroatoms. The Bertz CT molecular complexity index is 924. The molecule has 1 amide bonds. The Morgan fingerprint density at radius 1 is 1.00 bits per heavy atom. The number of halogens is 2. The third-order valence-electron chi connectivity index (χ3n) is 4.44. The number of rotatable bonds is 5. The fourth-order valence-corrected chi connectivity index (χ4v) is 4.86. The average Bonchev–Trinajstić information content (AvgIpc) is 2.66. The molecule has 0 atom stereocenters. The van der Waals surface area contributed by atoms with Crippen LogP contribution < -0.4 is 5.32 Å². The molecule has 2 aromatic carbocycles. The van der Waals surface area contributed by atoms with Crippen LogP contribution in [-0.2, 0) is 21.2 Å². The number of piperidine rings is 1. The summed E-state index contributed by atoms with van der Waals surface area (Å²) in [6.45, 7) is 1.12. The molecule has 5 nitrogen and oxygen atoms in total. The van der Waals surface area contributed by atoms with Gasteiger partial charge in [-0.05, 0) is 48.7 Å². The summed E-state index contributed by atoms with van der Waals surface area (Å²) in [4.78, 5) is 12.5. The predicted octanol–water partition coefficient (Wildman–Crippen LogP) is 4.35. The molecule has 0 unspecified atom stereocenters. The number of carbonyl (C=O) groups is 1. The third kappa shape index (κ3) is 5.02. The van der Waals surface area contributed by atoms with Gasteiger partial charge in [0.1, 0.15) is 0 Å². The van der Waals surface area contributed by atoms with Gasteiger partial charge in [0, 0.05) is 18.1 Å². The fourth-order valence-electron chi connectivity index (χ4n) is 3.01. The van der Waals surface area contributed by atoms with Crippen molar-refractivity contribution in [2.24, 2.45) is 0 Å². The molecule has 1 fully saturated rings. The van der Waals surface area contributed by atoms with Crippen LogP contribution in [0.25, 0.3) is 0 Å². The van der Waals surface area contributed by atoms with Gasteiger partial charge in [-0.3, -0.25) is 4.79 Å². The summed E-state index contributed by atoms with van der Waals surface area (Å²) in [6, 6.07) is 11.3. The Labute approximate surface area is 169 Å². The van der Waals surface area contributed by atoms with Crippen LogP contribution >= 0.6 is 23.2 Å². The zero-order chi connectivity index (χ0) is 19.4. The average molecular weight is 427 g/mol. The minimum Gasteiger partial charge on any atom is -0.324 e. The zero-order valence-electron chi connectivity index (χ0n) is 14.6. The van der Waals surface area contributed by atoms with Crippen molar-refractivity contribution in [3.63, 3.8) is 0 Å². The van der Waals surface area contributed by atoms with Crippen LogP contribution in [0, 0.1) is 0 Å². The van der Waals surface area contributed by atoms with Crippen molar-refractivity contribution in [2.75, 3.05) is 18.4 Å². The molecule has 1 saturated heterocycles. The Balaban J connectivity index is 1.66. The number of anilines is 1. The van der Waals surface area contributed by atoms with E-state index in [2.05, 4.69) is 5.32 Å². The standard InChI is InChI=1S/C19H20Cl2N2O3S/c20-15-6-9-17(21)18(13-15)22-19(24)12-14-4-7-16(8-5-14)27(25,26)23-10-2-1-3-11-23/h4-9,13H,1-3,10-12H2,(H,22,24). The monoisotopic (exact) mass is 426 g/mol. The van der Waals surface area contributed by atoms with Crippen LogP contribution in [0.4, 0.5) is 5.69 Å².